The van der Waals surface area contributed by atoms with E-state index in [1.165, 1.54) is 13.0 Å². The number of halogens is 2. The van der Waals surface area contributed by atoms with Gasteiger partial charge in [0.2, 0.25) is 0 Å². The molecule has 0 aliphatic rings. The second-order valence-electron chi connectivity index (χ2n) is 4.47. The zero-order valence-electron chi connectivity index (χ0n) is 11.8. The molecule has 3 nitrogen and oxygen atoms in total. The molecular formula is C15H18F2O3. The number of hydrogen-bond acceptors (Lipinski definition) is 3. The van der Waals surface area contributed by atoms with Crippen LogP contribution in [0, 0.1) is 17.6 Å². The van der Waals surface area contributed by atoms with Crippen molar-refractivity contribution in [1.82, 2.24) is 0 Å². The van der Waals surface area contributed by atoms with Crippen molar-refractivity contribution in [2.75, 3.05) is 6.61 Å². The van der Waals surface area contributed by atoms with E-state index < -0.39 is 35.2 Å². The van der Waals surface area contributed by atoms with Crippen LogP contribution >= 0.6 is 0 Å². The first-order chi connectivity index (χ1) is 9.43. The second kappa shape index (κ2) is 7.12. The van der Waals surface area contributed by atoms with Crippen molar-refractivity contribution in [2.24, 2.45) is 5.92 Å². The predicted octanol–water partition coefficient (Wildman–Crippen LogP) is 3.23. The van der Waals surface area contributed by atoms with Crippen LogP contribution in [0.15, 0.2) is 18.2 Å². The van der Waals surface area contributed by atoms with Crippen LogP contribution in [-0.2, 0) is 14.3 Å². The van der Waals surface area contributed by atoms with Crippen LogP contribution in [0.5, 0.6) is 0 Å². The maximum atomic E-state index is 13.8. The molecule has 0 unspecified atom stereocenters. The first-order valence-corrected chi connectivity index (χ1v) is 6.58. The van der Waals surface area contributed by atoms with Gasteiger partial charge in [-0.3, -0.25) is 9.59 Å². The van der Waals surface area contributed by atoms with Crippen molar-refractivity contribution in [1.29, 1.82) is 0 Å². The molecular weight excluding hydrogens is 266 g/mol. The molecule has 0 amide bonds. The number of hydrogen-bond donors (Lipinski definition) is 0. The fraction of sp³-hybridized carbons (Fsp3) is 0.467. The molecule has 0 fully saturated rings. The molecule has 0 saturated carbocycles. The summed E-state index contributed by atoms with van der Waals surface area (Å²) in [6.45, 7) is 4.82. The van der Waals surface area contributed by atoms with Crippen molar-refractivity contribution in [3.63, 3.8) is 0 Å². The van der Waals surface area contributed by atoms with Gasteiger partial charge < -0.3 is 4.74 Å². The van der Waals surface area contributed by atoms with Gasteiger partial charge in [0.15, 0.2) is 5.78 Å². The number of rotatable bonds is 6. The van der Waals surface area contributed by atoms with Gasteiger partial charge in [-0.1, -0.05) is 13.0 Å². The molecule has 0 saturated heterocycles. The lowest BCUT2D eigenvalue weighted by atomic mass is 9.85. The van der Waals surface area contributed by atoms with Crippen molar-refractivity contribution >= 4 is 11.8 Å². The van der Waals surface area contributed by atoms with Crippen LogP contribution < -0.4 is 0 Å². The zero-order valence-corrected chi connectivity index (χ0v) is 11.8. The van der Waals surface area contributed by atoms with Crippen LogP contribution in [0.4, 0.5) is 8.78 Å². The zero-order chi connectivity index (χ0) is 15.3. The van der Waals surface area contributed by atoms with Gasteiger partial charge in [-0.05, 0) is 32.4 Å². The van der Waals surface area contributed by atoms with Gasteiger partial charge in [-0.15, -0.1) is 0 Å². The molecule has 2 atom stereocenters. The smallest absolute Gasteiger partial charge is 0.316 e. The van der Waals surface area contributed by atoms with Gasteiger partial charge in [-0.25, -0.2) is 8.78 Å². The SMILES string of the molecule is CCOC(=O)[C@H](C)C(=O)[C@@H](CC)c1c(F)cccc1F. The van der Waals surface area contributed by atoms with Gasteiger partial charge >= 0.3 is 5.97 Å². The first-order valence-electron chi connectivity index (χ1n) is 6.58. The lowest BCUT2D eigenvalue weighted by molar-refractivity contribution is -0.151. The maximum absolute atomic E-state index is 13.8. The van der Waals surface area contributed by atoms with Crippen LogP contribution in [0.1, 0.15) is 38.7 Å². The highest BCUT2D eigenvalue weighted by atomic mass is 19.1. The van der Waals surface area contributed by atoms with Gasteiger partial charge in [0.25, 0.3) is 0 Å². The Morgan fingerprint density at radius 2 is 1.75 bits per heavy atom. The van der Waals surface area contributed by atoms with Gasteiger partial charge in [0.05, 0.1) is 6.61 Å². The van der Waals surface area contributed by atoms with Crippen molar-refractivity contribution < 1.29 is 23.1 Å². The van der Waals surface area contributed by atoms with E-state index in [1.807, 2.05) is 0 Å². The third-order valence-corrected chi connectivity index (χ3v) is 3.17. The van der Waals surface area contributed by atoms with Gasteiger partial charge in [0, 0.05) is 11.5 Å². The molecule has 5 heteroatoms. The van der Waals surface area contributed by atoms with Crippen LogP contribution in [0.3, 0.4) is 0 Å². The number of ether oxygens (including phenoxy) is 1. The molecule has 0 heterocycles. The summed E-state index contributed by atoms with van der Waals surface area (Å²) in [5, 5.41) is 0. The molecule has 0 radical (unpaired) electrons. The summed E-state index contributed by atoms with van der Waals surface area (Å²) in [6.07, 6.45) is 0.209. The third kappa shape index (κ3) is 3.40. The van der Waals surface area contributed by atoms with E-state index in [2.05, 4.69) is 0 Å². The minimum Gasteiger partial charge on any atom is -0.465 e. The van der Waals surface area contributed by atoms with E-state index >= 15 is 0 Å². The first kappa shape index (κ1) is 16.3. The Balaban J connectivity index is 3.07. The maximum Gasteiger partial charge on any atom is 0.316 e. The summed E-state index contributed by atoms with van der Waals surface area (Å²) in [5.41, 5.74) is -0.281. The predicted molar refractivity (Wildman–Crippen MR) is 70.2 cm³/mol. The summed E-state index contributed by atoms with van der Waals surface area (Å²) >= 11 is 0. The lowest BCUT2D eigenvalue weighted by Crippen LogP contribution is -2.29. The van der Waals surface area contributed by atoms with Crippen molar-refractivity contribution in [3.05, 3.63) is 35.4 Å². The normalized spacial score (nSPS) is 13.7. The largest absolute Gasteiger partial charge is 0.465 e. The van der Waals surface area contributed by atoms with E-state index in [-0.39, 0.29) is 18.6 Å². The fourth-order valence-electron chi connectivity index (χ4n) is 2.08. The Bertz CT molecular complexity index is 480. The number of Topliss-reactive ketones (excluding diaryl/α,β-unsaturated/α-hetero) is 1. The Morgan fingerprint density at radius 1 is 1.20 bits per heavy atom. The number of carbonyl (C=O) groups is 2. The molecule has 0 spiro atoms. The highest BCUT2D eigenvalue weighted by molar-refractivity contribution is 6.01. The molecule has 1 aromatic carbocycles. The Hall–Kier alpha value is -1.78. The van der Waals surface area contributed by atoms with Crippen molar-refractivity contribution in [3.8, 4) is 0 Å². The van der Waals surface area contributed by atoms with Crippen molar-refractivity contribution in [2.45, 2.75) is 33.1 Å². The standard InChI is InChI=1S/C15H18F2O3/c1-4-10(13-11(16)7-6-8-12(13)17)14(18)9(3)15(19)20-5-2/h6-10H,4-5H2,1-3H3/t9-,10+/m1/s1. The fourth-order valence-corrected chi connectivity index (χ4v) is 2.08. The number of ketones is 1. The molecule has 1 aromatic rings. The molecule has 0 N–H and O–H groups in total. The average molecular weight is 284 g/mol. The lowest BCUT2D eigenvalue weighted by Gasteiger charge is -2.19. The van der Waals surface area contributed by atoms with Crippen LogP contribution in [0.2, 0.25) is 0 Å². The van der Waals surface area contributed by atoms with E-state index in [0.29, 0.717) is 0 Å². The summed E-state index contributed by atoms with van der Waals surface area (Å²) in [4.78, 5) is 23.8. The summed E-state index contributed by atoms with van der Waals surface area (Å²) < 4.78 is 32.3. The topological polar surface area (TPSA) is 43.4 Å². The molecule has 0 aliphatic heterocycles. The van der Waals surface area contributed by atoms with E-state index in [4.69, 9.17) is 4.74 Å². The number of esters is 1. The molecule has 20 heavy (non-hydrogen) atoms. The summed E-state index contributed by atoms with van der Waals surface area (Å²) in [6, 6.07) is 3.44. The Kier molecular flexibility index (Phi) is 5.80. The molecule has 1 rings (SSSR count). The Morgan fingerprint density at radius 3 is 2.20 bits per heavy atom. The number of benzene rings is 1. The average Bonchev–Trinajstić information content (AvgIpc) is 2.41. The van der Waals surface area contributed by atoms with Gasteiger partial charge in [-0.2, -0.15) is 0 Å². The number of carbonyl (C=O) groups excluding carboxylic acids is 2. The molecule has 0 aliphatic carbocycles. The monoisotopic (exact) mass is 284 g/mol. The van der Waals surface area contributed by atoms with Gasteiger partial charge in [0.1, 0.15) is 17.6 Å². The highest BCUT2D eigenvalue weighted by Gasteiger charge is 2.32. The second-order valence-corrected chi connectivity index (χ2v) is 4.47. The van der Waals surface area contributed by atoms with E-state index in [1.54, 1.807) is 13.8 Å². The Labute approximate surface area is 116 Å². The van der Waals surface area contributed by atoms with Crippen LogP contribution in [0.25, 0.3) is 0 Å². The highest BCUT2D eigenvalue weighted by Crippen LogP contribution is 2.29. The van der Waals surface area contributed by atoms with E-state index in [9.17, 15) is 18.4 Å². The molecule has 110 valence electrons. The van der Waals surface area contributed by atoms with Crippen LogP contribution in [-0.4, -0.2) is 18.4 Å². The molecule has 0 aromatic heterocycles. The minimum absolute atomic E-state index is 0.154. The third-order valence-electron chi connectivity index (χ3n) is 3.17. The van der Waals surface area contributed by atoms with E-state index in [0.717, 1.165) is 12.1 Å². The summed E-state index contributed by atoms with van der Waals surface area (Å²) in [5.74, 6) is -4.79. The summed E-state index contributed by atoms with van der Waals surface area (Å²) in [7, 11) is 0. The quantitative estimate of drug-likeness (QED) is 0.595. The molecule has 0 bridgehead atoms. The minimum atomic E-state index is -1.04.